The summed E-state index contributed by atoms with van der Waals surface area (Å²) in [7, 11) is 9.02. The molecule has 0 aromatic carbocycles. The predicted octanol–water partition coefficient (Wildman–Crippen LogP) is 3.88. The van der Waals surface area contributed by atoms with Gasteiger partial charge in [0.2, 0.25) is 0 Å². The molecule has 3 aromatic rings. The van der Waals surface area contributed by atoms with E-state index >= 15 is 0 Å². The largest absolute Gasteiger partial charge is 0.499 e. The molecule has 182 valence electrons. The van der Waals surface area contributed by atoms with Crippen LogP contribution in [0.1, 0.15) is 35.2 Å². The van der Waals surface area contributed by atoms with Gasteiger partial charge in [0.15, 0.2) is 12.1 Å². The Balaban J connectivity index is 0.000000253. The molecule has 0 amide bonds. The van der Waals surface area contributed by atoms with Gasteiger partial charge >= 0.3 is 0 Å². The fourth-order valence-corrected chi connectivity index (χ4v) is 2.64. The van der Waals surface area contributed by atoms with Gasteiger partial charge in [-0.25, -0.2) is 4.98 Å². The number of anilines is 1. The van der Waals surface area contributed by atoms with E-state index in [0.717, 1.165) is 47.1 Å². The zero-order valence-corrected chi connectivity index (χ0v) is 20.6. The molecule has 3 rings (SSSR count). The third-order valence-corrected chi connectivity index (χ3v) is 4.20. The maximum Gasteiger partial charge on any atom is 0.157 e. The Morgan fingerprint density at radius 3 is 2.58 bits per heavy atom. The molecule has 0 saturated carbocycles. The molecule has 0 atom stereocenters. The number of aromatic amines is 2. The number of ether oxygens (including phenoxy) is 2. The van der Waals surface area contributed by atoms with Crippen LogP contribution in [-0.2, 0) is 16.0 Å². The lowest BCUT2D eigenvalue weighted by atomic mass is 10.3. The highest BCUT2D eigenvalue weighted by molar-refractivity contribution is 5.75. The Morgan fingerprint density at radius 2 is 2.06 bits per heavy atom. The summed E-state index contributed by atoms with van der Waals surface area (Å²) in [4.78, 5) is 19.7. The number of nitrogens with one attached hydrogen (secondary N) is 3. The first-order valence-corrected chi connectivity index (χ1v) is 10.5. The highest BCUT2D eigenvalue weighted by Crippen LogP contribution is 2.21. The molecule has 0 aliphatic rings. The van der Waals surface area contributed by atoms with Gasteiger partial charge in [-0.3, -0.25) is 9.89 Å². The number of furan rings is 1. The summed E-state index contributed by atoms with van der Waals surface area (Å²) in [5.41, 5.74) is 3.50. The first-order chi connectivity index (χ1) is 15.9. The fourth-order valence-electron chi connectivity index (χ4n) is 2.64. The van der Waals surface area contributed by atoms with Crippen molar-refractivity contribution in [2.24, 2.45) is 0 Å². The number of aryl methyl sites for hydroxylation is 1. The number of hydrogen-bond donors (Lipinski definition) is 3. The van der Waals surface area contributed by atoms with Crippen LogP contribution in [0.3, 0.4) is 0 Å². The van der Waals surface area contributed by atoms with Crippen molar-refractivity contribution in [3.8, 4) is 11.5 Å². The van der Waals surface area contributed by atoms with E-state index in [9.17, 15) is 4.79 Å². The molecule has 0 fully saturated rings. The summed E-state index contributed by atoms with van der Waals surface area (Å²) >= 11 is 0. The average Bonchev–Trinajstić information content (AvgIpc) is 3.54. The summed E-state index contributed by atoms with van der Waals surface area (Å²) in [5, 5.41) is 9.84. The molecule has 3 heterocycles. The summed E-state index contributed by atoms with van der Waals surface area (Å²) in [6, 6.07) is 1.67. The first kappa shape index (κ1) is 27.7. The number of hydrogen-bond acceptors (Lipinski definition) is 8. The van der Waals surface area contributed by atoms with Gasteiger partial charge in [-0.2, -0.15) is 5.10 Å². The van der Waals surface area contributed by atoms with Crippen LogP contribution in [0.15, 0.2) is 41.0 Å². The van der Waals surface area contributed by atoms with Crippen LogP contribution in [0.4, 0.5) is 5.69 Å². The van der Waals surface area contributed by atoms with Crippen molar-refractivity contribution in [2.45, 2.75) is 26.8 Å². The summed E-state index contributed by atoms with van der Waals surface area (Å²) < 4.78 is 14.9. The van der Waals surface area contributed by atoms with Crippen molar-refractivity contribution in [3.05, 3.63) is 53.6 Å². The molecule has 0 radical (unpaired) electrons. The Kier molecular flexibility index (Phi) is 12.9. The molecule has 3 N–H and O–H groups in total. The quantitative estimate of drug-likeness (QED) is 0.325. The van der Waals surface area contributed by atoms with Gasteiger partial charge in [-0.15, -0.1) is 0 Å². The zero-order valence-electron chi connectivity index (χ0n) is 20.6. The average molecular weight is 461 g/mol. The summed E-state index contributed by atoms with van der Waals surface area (Å²) in [6.07, 6.45) is 8.85. The normalized spacial score (nSPS) is 10.7. The highest BCUT2D eigenvalue weighted by atomic mass is 16.5. The standard InChI is InChI=1S/C8H11N5.C8H11NO2.C7H14O2/c1-5-3-10-8(12-5)7-6(9-2)4-11-13-7;1-9(2)5-8-7(6-10)3-4-11-8;1-4-5-7(9-3)6-8-2/h3-4,9H,1-2H3,(H,10,12)(H,11,13);3-4,6H,5H2,1-2H3;5H,4,6H2,1-3H3/b;;7-5+. The second-order valence-electron chi connectivity index (χ2n) is 7.19. The monoisotopic (exact) mass is 460 g/mol. The first-order valence-electron chi connectivity index (χ1n) is 10.5. The molecule has 33 heavy (non-hydrogen) atoms. The SMILES string of the molecule is CC/C=C(\COC)OC.CN(C)Cc1occc1C=O.CNc1cn[nH]c1-c1ncc(C)[nH]1. The van der Waals surface area contributed by atoms with Crippen LogP contribution >= 0.6 is 0 Å². The number of allylic oxidation sites excluding steroid dienone is 1. The second-order valence-corrected chi connectivity index (χ2v) is 7.19. The van der Waals surface area contributed by atoms with Gasteiger partial charge in [0, 0.05) is 26.0 Å². The van der Waals surface area contributed by atoms with Crippen molar-refractivity contribution in [2.75, 3.05) is 47.3 Å². The number of imidazole rings is 1. The minimum absolute atomic E-state index is 0.574. The number of nitrogens with zero attached hydrogens (tertiary/aromatic N) is 3. The molecule has 3 aromatic heterocycles. The van der Waals surface area contributed by atoms with Crippen LogP contribution in [0, 0.1) is 6.92 Å². The van der Waals surface area contributed by atoms with E-state index in [1.165, 1.54) is 6.26 Å². The van der Waals surface area contributed by atoms with E-state index in [0.29, 0.717) is 18.7 Å². The maximum absolute atomic E-state index is 10.4. The third-order valence-electron chi connectivity index (χ3n) is 4.20. The van der Waals surface area contributed by atoms with Gasteiger partial charge in [0.1, 0.15) is 23.8 Å². The van der Waals surface area contributed by atoms with Crippen molar-refractivity contribution in [1.82, 2.24) is 25.1 Å². The Hall–Kier alpha value is -3.37. The number of carbonyl (C=O) groups is 1. The minimum atomic E-state index is 0.574. The number of aldehydes is 1. The number of rotatable bonds is 9. The predicted molar refractivity (Wildman–Crippen MR) is 129 cm³/mol. The number of aromatic nitrogens is 4. The molecule has 0 bridgehead atoms. The topological polar surface area (TPSA) is 121 Å². The second kappa shape index (κ2) is 15.4. The number of H-pyrrole nitrogens is 2. The van der Waals surface area contributed by atoms with Crippen molar-refractivity contribution < 1.29 is 18.7 Å². The van der Waals surface area contributed by atoms with Gasteiger partial charge in [-0.05, 0) is 39.6 Å². The lowest BCUT2D eigenvalue weighted by Gasteiger charge is -2.06. The molecule has 10 nitrogen and oxygen atoms in total. The van der Waals surface area contributed by atoms with Crippen LogP contribution in [0.25, 0.3) is 11.5 Å². The van der Waals surface area contributed by atoms with Crippen LogP contribution in [0.5, 0.6) is 0 Å². The van der Waals surface area contributed by atoms with E-state index < -0.39 is 0 Å². The van der Waals surface area contributed by atoms with Gasteiger partial charge in [0.05, 0.1) is 37.4 Å². The van der Waals surface area contributed by atoms with Crippen molar-refractivity contribution in [1.29, 1.82) is 0 Å². The van der Waals surface area contributed by atoms with Crippen molar-refractivity contribution in [3.63, 3.8) is 0 Å². The van der Waals surface area contributed by atoms with Crippen LogP contribution < -0.4 is 5.32 Å². The number of methoxy groups -OCH3 is 2. The molecule has 0 unspecified atom stereocenters. The minimum Gasteiger partial charge on any atom is -0.499 e. The smallest absolute Gasteiger partial charge is 0.157 e. The molecular weight excluding hydrogens is 424 g/mol. The van der Waals surface area contributed by atoms with E-state index in [4.69, 9.17) is 13.9 Å². The summed E-state index contributed by atoms with van der Waals surface area (Å²) in [6.45, 7) is 5.27. The Labute approximate surface area is 195 Å². The molecule has 0 aliphatic carbocycles. The van der Waals surface area contributed by atoms with Gasteiger partial charge in [-0.1, -0.05) is 6.92 Å². The third kappa shape index (κ3) is 9.75. The summed E-state index contributed by atoms with van der Waals surface area (Å²) in [5.74, 6) is 2.43. The van der Waals surface area contributed by atoms with Crippen LogP contribution in [-0.4, -0.2) is 73.3 Å². The molecule has 10 heteroatoms. The van der Waals surface area contributed by atoms with Gasteiger partial charge in [0.25, 0.3) is 0 Å². The Bertz CT molecular complexity index is 958. The van der Waals surface area contributed by atoms with Crippen LogP contribution in [0.2, 0.25) is 0 Å². The lowest BCUT2D eigenvalue weighted by molar-refractivity contribution is 0.112. The molecule has 0 saturated heterocycles. The number of carbonyl (C=O) groups excluding carboxylic acids is 1. The van der Waals surface area contributed by atoms with E-state index in [1.807, 2.05) is 39.0 Å². The lowest BCUT2D eigenvalue weighted by Crippen LogP contribution is -2.11. The van der Waals surface area contributed by atoms with Gasteiger partial charge < -0.3 is 29.1 Å². The highest BCUT2D eigenvalue weighted by Gasteiger charge is 2.08. The molecule has 0 spiro atoms. The van der Waals surface area contributed by atoms with E-state index in [1.54, 1.807) is 32.7 Å². The maximum atomic E-state index is 10.4. The Morgan fingerprint density at radius 1 is 1.30 bits per heavy atom. The fraction of sp³-hybridized carbons (Fsp3) is 0.435. The van der Waals surface area contributed by atoms with E-state index in [2.05, 4.69) is 32.4 Å². The molecule has 0 aliphatic heterocycles. The molecular formula is C23H36N6O4. The van der Waals surface area contributed by atoms with E-state index in [-0.39, 0.29) is 0 Å². The van der Waals surface area contributed by atoms with Crippen molar-refractivity contribution >= 4 is 12.0 Å². The zero-order chi connectivity index (χ0) is 24.6.